The molecule has 1 radical (unpaired) electrons. The van der Waals surface area contributed by atoms with Crippen molar-refractivity contribution in [3.63, 3.8) is 0 Å². The molecule has 1 rings (SSSR count). The van der Waals surface area contributed by atoms with Crippen LogP contribution in [0.3, 0.4) is 0 Å². The Bertz CT molecular complexity index is 284. The molecule has 5 heteroatoms. The summed E-state index contributed by atoms with van der Waals surface area (Å²) in [6, 6.07) is 0. The number of hydrogen-bond acceptors (Lipinski definition) is 0. The van der Waals surface area contributed by atoms with Gasteiger partial charge in [-0.25, -0.2) is 17.6 Å². The van der Waals surface area contributed by atoms with Crippen molar-refractivity contribution in [3.05, 3.63) is 30.5 Å². The molecule has 2 unspecified atom stereocenters. The number of halogens is 5. The lowest BCUT2D eigenvalue weighted by Crippen LogP contribution is -2.37. The predicted octanol–water partition coefficient (Wildman–Crippen LogP) is 3.40. The van der Waals surface area contributed by atoms with Crippen molar-refractivity contribution in [3.8, 4) is 0 Å². The van der Waals surface area contributed by atoms with E-state index in [-0.39, 0.29) is 6.08 Å². The molecule has 0 aromatic heterocycles. The first-order chi connectivity index (χ1) is 5.93. The van der Waals surface area contributed by atoms with Crippen molar-refractivity contribution in [2.24, 2.45) is 5.92 Å². The van der Waals surface area contributed by atoms with Crippen LogP contribution >= 0.6 is 11.6 Å². The summed E-state index contributed by atoms with van der Waals surface area (Å²) >= 11 is 5.12. The zero-order valence-corrected chi connectivity index (χ0v) is 7.21. The molecular weight excluding hydrogens is 208 g/mol. The van der Waals surface area contributed by atoms with E-state index in [2.05, 4.69) is 6.92 Å². The summed E-state index contributed by atoms with van der Waals surface area (Å²) in [5, 5.41) is 0. The minimum Gasteiger partial charge on any atom is -0.234 e. The summed E-state index contributed by atoms with van der Waals surface area (Å²) < 4.78 is 51.5. The van der Waals surface area contributed by atoms with Crippen LogP contribution in [0.4, 0.5) is 17.6 Å². The molecule has 0 saturated carbocycles. The molecule has 0 aliphatic heterocycles. The van der Waals surface area contributed by atoms with Gasteiger partial charge in [-0.15, -0.1) is 11.6 Å². The molecule has 0 amide bonds. The van der Waals surface area contributed by atoms with Gasteiger partial charge in [-0.3, -0.25) is 0 Å². The number of rotatable bonds is 1. The molecular formula is C8H6ClF4. The average molecular weight is 214 g/mol. The lowest BCUT2D eigenvalue weighted by Gasteiger charge is -2.29. The van der Waals surface area contributed by atoms with Gasteiger partial charge < -0.3 is 0 Å². The van der Waals surface area contributed by atoms with E-state index in [1.54, 1.807) is 0 Å². The maximum absolute atomic E-state index is 13.4. The van der Waals surface area contributed by atoms with Crippen molar-refractivity contribution in [2.45, 2.75) is 5.67 Å². The second kappa shape index (κ2) is 3.33. The Labute approximate surface area is 77.9 Å². The maximum Gasteiger partial charge on any atom is 0.184 e. The van der Waals surface area contributed by atoms with E-state index >= 15 is 0 Å². The summed E-state index contributed by atoms with van der Waals surface area (Å²) in [7, 11) is 0. The van der Waals surface area contributed by atoms with Gasteiger partial charge in [0.05, 0.1) is 11.8 Å². The van der Waals surface area contributed by atoms with Crippen molar-refractivity contribution in [2.75, 3.05) is 5.88 Å². The fourth-order valence-electron chi connectivity index (χ4n) is 0.991. The molecule has 0 saturated heterocycles. The molecule has 13 heavy (non-hydrogen) atoms. The number of hydrogen-bond donors (Lipinski definition) is 0. The van der Waals surface area contributed by atoms with Gasteiger partial charge in [0, 0.05) is 6.08 Å². The Morgan fingerprint density at radius 2 is 2.00 bits per heavy atom. The molecule has 0 fully saturated rings. The third kappa shape index (κ3) is 1.47. The van der Waals surface area contributed by atoms with Crippen molar-refractivity contribution in [1.29, 1.82) is 0 Å². The van der Waals surface area contributed by atoms with Crippen LogP contribution in [0.5, 0.6) is 0 Å². The lowest BCUT2D eigenvalue weighted by molar-refractivity contribution is 0.140. The predicted molar refractivity (Wildman–Crippen MR) is 41.8 cm³/mol. The van der Waals surface area contributed by atoms with Crippen LogP contribution in [0.15, 0.2) is 23.6 Å². The molecule has 0 nitrogen and oxygen atoms in total. The van der Waals surface area contributed by atoms with Crippen LogP contribution in [-0.2, 0) is 0 Å². The molecule has 1 aliphatic carbocycles. The van der Waals surface area contributed by atoms with E-state index in [1.807, 2.05) is 0 Å². The summed E-state index contributed by atoms with van der Waals surface area (Å²) in [6.07, 6.45) is 0.152. The van der Waals surface area contributed by atoms with Crippen LogP contribution in [0.25, 0.3) is 0 Å². The van der Waals surface area contributed by atoms with Crippen LogP contribution < -0.4 is 0 Å². The van der Waals surface area contributed by atoms with Gasteiger partial charge in [0.15, 0.2) is 11.5 Å². The highest BCUT2D eigenvalue weighted by Crippen LogP contribution is 2.42. The largest absolute Gasteiger partial charge is 0.234 e. The molecule has 0 aromatic rings. The second-order valence-electron chi connectivity index (χ2n) is 2.74. The molecule has 0 heterocycles. The Kier molecular flexibility index (Phi) is 2.71. The van der Waals surface area contributed by atoms with Crippen LogP contribution in [-0.4, -0.2) is 11.5 Å². The van der Waals surface area contributed by atoms with Crippen molar-refractivity contribution in [1.82, 2.24) is 0 Å². The first-order valence-electron chi connectivity index (χ1n) is 3.44. The SMILES string of the molecule is [CH2]C1C(F)=C(F)C=C(F)C1(F)CCl. The van der Waals surface area contributed by atoms with E-state index in [1.165, 1.54) is 0 Å². The fourth-order valence-corrected chi connectivity index (χ4v) is 1.30. The van der Waals surface area contributed by atoms with E-state index in [0.717, 1.165) is 0 Å². The number of allylic oxidation sites excluding steroid dienone is 4. The molecule has 0 aromatic carbocycles. The van der Waals surface area contributed by atoms with Gasteiger partial charge >= 0.3 is 0 Å². The lowest BCUT2D eigenvalue weighted by atomic mass is 9.86. The highest BCUT2D eigenvalue weighted by Gasteiger charge is 2.46. The van der Waals surface area contributed by atoms with Crippen LogP contribution in [0.1, 0.15) is 0 Å². The standard InChI is InChI=1S/C8H6ClF4/c1-4-7(12)5(10)2-6(11)8(4,13)3-9/h2,4H,1,3H2. The van der Waals surface area contributed by atoms with Crippen LogP contribution in [0, 0.1) is 12.8 Å². The number of alkyl halides is 2. The maximum atomic E-state index is 13.4. The summed E-state index contributed by atoms with van der Waals surface area (Å²) in [5.74, 6) is -6.85. The first-order valence-corrected chi connectivity index (χ1v) is 3.97. The van der Waals surface area contributed by atoms with Crippen LogP contribution in [0.2, 0.25) is 0 Å². The minimum absolute atomic E-state index is 0.152. The monoisotopic (exact) mass is 213 g/mol. The summed E-state index contributed by atoms with van der Waals surface area (Å²) in [4.78, 5) is 0. The Hall–Kier alpha value is -0.510. The second-order valence-corrected chi connectivity index (χ2v) is 3.00. The smallest absolute Gasteiger partial charge is 0.184 e. The molecule has 1 aliphatic rings. The van der Waals surface area contributed by atoms with Gasteiger partial charge in [-0.1, -0.05) is 0 Å². The first kappa shape index (κ1) is 10.6. The highest BCUT2D eigenvalue weighted by atomic mass is 35.5. The molecule has 73 valence electrons. The third-order valence-corrected chi connectivity index (χ3v) is 2.32. The topological polar surface area (TPSA) is 0 Å². The molecule has 0 N–H and O–H groups in total. The molecule has 2 atom stereocenters. The van der Waals surface area contributed by atoms with Gasteiger partial charge in [0.25, 0.3) is 0 Å². The zero-order chi connectivity index (χ0) is 10.2. The van der Waals surface area contributed by atoms with E-state index in [4.69, 9.17) is 11.6 Å². The van der Waals surface area contributed by atoms with Gasteiger partial charge in [-0.2, -0.15) is 0 Å². The molecule has 0 spiro atoms. The Balaban J connectivity index is 3.16. The summed E-state index contributed by atoms with van der Waals surface area (Å²) in [5.41, 5.74) is -2.73. The molecule has 0 bridgehead atoms. The quantitative estimate of drug-likeness (QED) is 0.463. The van der Waals surface area contributed by atoms with Crippen molar-refractivity contribution < 1.29 is 17.6 Å². The zero-order valence-electron chi connectivity index (χ0n) is 6.46. The Morgan fingerprint density at radius 3 is 2.46 bits per heavy atom. The highest BCUT2D eigenvalue weighted by molar-refractivity contribution is 6.18. The van der Waals surface area contributed by atoms with Crippen molar-refractivity contribution >= 4 is 11.6 Å². The summed E-state index contributed by atoms with van der Waals surface area (Å²) in [6.45, 7) is 2.99. The van der Waals surface area contributed by atoms with Gasteiger partial charge in [0.1, 0.15) is 11.7 Å². The van der Waals surface area contributed by atoms with Gasteiger partial charge in [-0.05, 0) is 6.92 Å². The minimum atomic E-state index is -2.73. The average Bonchev–Trinajstić information content (AvgIpc) is 2.11. The normalized spacial score (nSPS) is 34.9. The van der Waals surface area contributed by atoms with E-state index in [0.29, 0.717) is 0 Å². The fraction of sp³-hybridized carbons (Fsp3) is 0.375. The Morgan fingerprint density at radius 1 is 1.46 bits per heavy atom. The van der Waals surface area contributed by atoms with Gasteiger partial charge in [0.2, 0.25) is 0 Å². The van der Waals surface area contributed by atoms with E-state index in [9.17, 15) is 17.6 Å². The van der Waals surface area contributed by atoms with E-state index < -0.39 is 34.9 Å². The third-order valence-electron chi connectivity index (χ3n) is 1.93.